The van der Waals surface area contributed by atoms with E-state index in [1.807, 2.05) is 30.3 Å². The van der Waals surface area contributed by atoms with Gasteiger partial charge in [0, 0.05) is 35.8 Å². The van der Waals surface area contributed by atoms with Crippen LogP contribution in [0.2, 0.25) is 10.0 Å². The summed E-state index contributed by atoms with van der Waals surface area (Å²) in [4.78, 5) is 41.0. The first kappa shape index (κ1) is 25.4. The number of hydrogen-bond donors (Lipinski definition) is 3. The number of allylic oxidation sites excluding steroid dienone is 2. The molecule has 184 valence electrons. The molecule has 0 spiro atoms. The SMILES string of the molecule is CC(CC(=O)O)(NC1=C(c2ccccc2)C(=O)CC1)c1ccc(NC(=O)c2c(Cl)cncc2Cl)cc1. The van der Waals surface area contributed by atoms with Gasteiger partial charge < -0.3 is 15.7 Å². The lowest BCUT2D eigenvalue weighted by Gasteiger charge is -2.32. The molecule has 2 aromatic carbocycles. The highest BCUT2D eigenvalue weighted by Crippen LogP contribution is 2.35. The average Bonchev–Trinajstić information content (AvgIpc) is 3.18. The lowest BCUT2D eigenvalue weighted by atomic mass is 9.87. The molecule has 1 unspecified atom stereocenters. The molecule has 1 aromatic heterocycles. The molecule has 1 amide bonds. The van der Waals surface area contributed by atoms with Gasteiger partial charge in [-0.25, -0.2) is 0 Å². The average molecular weight is 524 g/mol. The summed E-state index contributed by atoms with van der Waals surface area (Å²) in [7, 11) is 0. The second kappa shape index (κ2) is 10.5. The molecule has 0 saturated heterocycles. The van der Waals surface area contributed by atoms with Crippen LogP contribution in [0.1, 0.15) is 47.7 Å². The van der Waals surface area contributed by atoms with Crippen LogP contribution in [-0.4, -0.2) is 27.8 Å². The lowest BCUT2D eigenvalue weighted by Crippen LogP contribution is -2.41. The topological polar surface area (TPSA) is 108 Å². The molecule has 1 heterocycles. The number of carboxylic acid groups (broad SMARTS) is 1. The molecule has 1 aliphatic rings. The standard InChI is InChI=1S/C27H23Cl2N3O4/c1-27(13-23(34)35,32-21-11-12-22(33)24(21)16-5-3-2-4-6-16)17-7-9-18(10-8-17)31-26(36)25-19(28)14-30-15-20(25)29/h2-10,14-15,32H,11-13H2,1H3,(H,31,36)(H,34,35). The molecule has 0 bridgehead atoms. The highest BCUT2D eigenvalue weighted by Gasteiger charge is 2.34. The van der Waals surface area contributed by atoms with Gasteiger partial charge >= 0.3 is 5.97 Å². The minimum atomic E-state index is -1.01. The minimum Gasteiger partial charge on any atom is -0.481 e. The Labute approximate surface area is 218 Å². The molecule has 4 rings (SSSR count). The van der Waals surface area contributed by atoms with E-state index in [1.165, 1.54) is 12.4 Å². The second-order valence-corrected chi connectivity index (χ2v) is 9.49. The van der Waals surface area contributed by atoms with Crippen molar-refractivity contribution in [2.24, 2.45) is 0 Å². The van der Waals surface area contributed by atoms with Crippen LogP contribution < -0.4 is 10.6 Å². The van der Waals surface area contributed by atoms with Gasteiger partial charge in [-0.05, 0) is 36.6 Å². The fourth-order valence-electron chi connectivity index (χ4n) is 4.32. The van der Waals surface area contributed by atoms with Crippen LogP contribution in [-0.2, 0) is 15.1 Å². The van der Waals surface area contributed by atoms with Crippen molar-refractivity contribution in [3.05, 3.63) is 99.4 Å². The van der Waals surface area contributed by atoms with E-state index < -0.39 is 17.4 Å². The molecule has 0 saturated carbocycles. The Morgan fingerprint density at radius 2 is 1.64 bits per heavy atom. The van der Waals surface area contributed by atoms with Crippen LogP contribution in [0.5, 0.6) is 0 Å². The summed E-state index contributed by atoms with van der Waals surface area (Å²) in [5, 5.41) is 16.0. The number of aliphatic carboxylic acids is 1. The molecule has 1 atom stereocenters. The molecule has 36 heavy (non-hydrogen) atoms. The summed E-state index contributed by atoms with van der Waals surface area (Å²) < 4.78 is 0. The molecular formula is C27H23Cl2N3O4. The number of halogens is 2. The van der Waals surface area contributed by atoms with Crippen molar-refractivity contribution < 1.29 is 19.5 Å². The fraction of sp³-hybridized carbons (Fsp3) is 0.185. The Kier molecular flexibility index (Phi) is 7.43. The number of rotatable bonds is 8. The number of carbonyl (C=O) groups is 3. The van der Waals surface area contributed by atoms with E-state index in [4.69, 9.17) is 23.2 Å². The van der Waals surface area contributed by atoms with Crippen molar-refractivity contribution in [1.82, 2.24) is 10.3 Å². The molecule has 1 aliphatic carbocycles. The zero-order valence-electron chi connectivity index (χ0n) is 19.3. The number of carbonyl (C=O) groups excluding carboxylic acids is 2. The van der Waals surface area contributed by atoms with Crippen molar-refractivity contribution in [2.45, 2.75) is 31.7 Å². The van der Waals surface area contributed by atoms with Crippen molar-refractivity contribution >= 4 is 52.1 Å². The number of nitrogens with one attached hydrogen (secondary N) is 2. The Balaban J connectivity index is 1.62. The maximum atomic E-state index is 12.7. The third kappa shape index (κ3) is 5.42. The molecule has 3 N–H and O–H groups in total. The maximum Gasteiger partial charge on any atom is 0.306 e. The first-order valence-corrected chi connectivity index (χ1v) is 12.0. The molecule has 0 aliphatic heterocycles. The van der Waals surface area contributed by atoms with Crippen LogP contribution in [0.15, 0.2) is 72.7 Å². The Hall–Kier alpha value is -3.68. The van der Waals surface area contributed by atoms with E-state index in [1.54, 1.807) is 31.2 Å². The number of pyridine rings is 1. The van der Waals surface area contributed by atoms with Gasteiger partial charge in [-0.15, -0.1) is 0 Å². The normalized spacial score (nSPS) is 14.9. The van der Waals surface area contributed by atoms with E-state index in [2.05, 4.69) is 15.6 Å². The monoisotopic (exact) mass is 523 g/mol. The number of anilines is 1. The third-order valence-electron chi connectivity index (χ3n) is 6.04. The van der Waals surface area contributed by atoms with Crippen molar-refractivity contribution in [2.75, 3.05) is 5.32 Å². The van der Waals surface area contributed by atoms with E-state index in [-0.39, 0.29) is 27.8 Å². The van der Waals surface area contributed by atoms with Crippen LogP contribution in [0.25, 0.3) is 5.57 Å². The molecule has 9 heteroatoms. The largest absolute Gasteiger partial charge is 0.481 e. The summed E-state index contributed by atoms with van der Waals surface area (Å²) in [5.74, 6) is -1.46. The molecule has 0 fully saturated rings. The zero-order chi connectivity index (χ0) is 25.9. The first-order valence-electron chi connectivity index (χ1n) is 11.2. The number of Topliss-reactive ketones (excluding diaryl/α,β-unsaturated/α-hetero) is 1. The zero-order valence-corrected chi connectivity index (χ0v) is 20.9. The third-order valence-corrected chi connectivity index (χ3v) is 6.61. The van der Waals surface area contributed by atoms with Crippen molar-refractivity contribution in [1.29, 1.82) is 0 Å². The number of carboxylic acids is 1. The van der Waals surface area contributed by atoms with Gasteiger partial charge in [0.25, 0.3) is 5.91 Å². The Morgan fingerprint density at radius 3 is 2.25 bits per heavy atom. The number of amides is 1. The van der Waals surface area contributed by atoms with Crippen LogP contribution in [0, 0.1) is 0 Å². The van der Waals surface area contributed by atoms with E-state index in [9.17, 15) is 19.5 Å². The molecular weight excluding hydrogens is 501 g/mol. The number of ketones is 1. The Morgan fingerprint density at radius 1 is 1.00 bits per heavy atom. The van der Waals surface area contributed by atoms with E-state index in [0.29, 0.717) is 35.4 Å². The van der Waals surface area contributed by atoms with Crippen molar-refractivity contribution in [3.63, 3.8) is 0 Å². The van der Waals surface area contributed by atoms with Gasteiger partial charge in [-0.1, -0.05) is 65.7 Å². The second-order valence-electron chi connectivity index (χ2n) is 8.68. The van der Waals surface area contributed by atoms with Crippen LogP contribution in [0.4, 0.5) is 5.69 Å². The van der Waals surface area contributed by atoms with Crippen LogP contribution >= 0.6 is 23.2 Å². The summed E-state index contributed by atoms with van der Waals surface area (Å²) in [6, 6.07) is 16.2. The smallest absolute Gasteiger partial charge is 0.306 e. The number of hydrogen-bond acceptors (Lipinski definition) is 5. The summed E-state index contributed by atoms with van der Waals surface area (Å²) in [6.45, 7) is 1.78. The fourth-order valence-corrected chi connectivity index (χ4v) is 4.86. The van der Waals surface area contributed by atoms with Gasteiger partial charge in [0.2, 0.25) is 0 Å². The van der Waals surface area contributed by atoms with E-state index >= 15 is 0 Å². The highest BCUT2D eigenvalue weighted by molar-refractivity contribution is 6.40. The molecule has 3 aromatic rings. The molecule has 0 radical (unpaired) electrons. The van der Waals surface area contributed by atoms with Gasteiger partial charge in [-0.3, -0.25) is 19.4 Å². The van der Waals surface area contributed by atoms with Crippen molar-refractivity contribution in [3.8, 4) is 0 Å². The van der Waals surface area contributed by atoms with Gasteiger partial charge in [0.1, 0.15) is 0 Å². The number of aromatic nitrogens is 1. The molecule has 7 nitrogen and oxygen atoms in total. The number of nitrogens with zero attached hydrogens (tertiary/aromatic N) is 1. The predicted molar refractivity (Wildman–Crippen MR) is 139 cm³/mol. The predicted octanol–water partition coefficient (Wildman–Crippen LogP) is 5.69. The number of benzene rings is 2. The van der Waals surface area contributed by atoms with Gasteiger partial charge in [0.05, 0.1) is 27.6 Å². The maximum absolute atomic E-state index is 12.7. The summed E-state index contributed by atoms with van der Waals surface area (Å²) in [5.41, 5.74) is 2.36. The van der Waals surface area contributed by atoms with Gasteiger partial charge in [0.15, 0.2) is 5.78 Å². The van der Waals surface area contributed by atoms with Crippen LogP contribution in [0.3, 0.4) is 0 Å². The lowest BCUT2D eigenvalue weighted by molar-refractivity contribution is -0.138. The Bertz CT molecular complexity index is 1340. The minimum absolute atomic E-state index is 0.0212. The highest BCUT2D eigenvalue weighted by atomic mass is 35.5. The first-order chi connectivity index (χ1) is 17.2. The quantitative estimate of drug-likeness (QED) is 0.349. The summed E-state index contributed by atoms with van der Waals surface area (Å²) >= 11 is 12.1. The van der Waals surface area contributed by atoms with Gasteiger partial charge in [-0.2, -0.15) is 0 Å². The van der Waals surface area contributed by atoms with E-state index in [0.717, 1.165) is 5.56 Å². The summed E-state index contributed by atoms with van der Waals surface area (Å²) in [6.07, 6.45) is 3.31.